The number of hydrogen-bond acceptors (Lipinski definition) is 6. The number of nitrogens with two attached hydrogens (primary N) is 1. The van der Waals surface area contributed by atoms with E-state index in [0.717, 1.165) is 28.2 Å². The second-order valence-electron chi connectivity index (χ2n) is 6.82. The van der Waals surface area contributed by atoms with Crippen molar-refractivity contribution in [3.8, 4) is 0 Å². The van der Waals surface area contributed by atoms with Crippen LogP contribution in [0.5, 0.6) is 0 Å². The Hall–Kier alpha value is -3.26. The highest BCUT2D eigenvalue weighted by molar-refractivity contribution is 7.15. The Bertz CT molecular complexity index is 1170. The summed E-state index contributed by atoms with van der Waals surface area (Å²) in [4.78, 5) is 29.2. The maximum atomic E-state index is 13.0. The molecule has 140 valence electrons. The first-order valence-electron chi connectivity index (χ1n) is 9.05. The molecule has 0 saturated carbocycles. The second-order valence-corrected chi connectivity index (χ2v) is 7.94. The minimum Gasteiger partial charge on any atom is -0.375 e. The number of anilines is 1. The van der Waals surface area contributed by atoms with Gasteiger partial charge in [-0.05, 0) is 11.6 Å². The van der Waals surface area contributed by atoms with Gasteiger partial charge >= 0.3 is 0 Å². The van der Waals surface area contributed by atoms with Gasteiger partial charge in [0.2, 0.25) is 0 Å². The third-order valence-corrected chi connectivity index (χ3v) is 5.84. The topological polar surface area (TPSA) is 89.9 Å². The average Bonchev–Trinajstić information content (AvgIpc) is 3.29. The predicted molar refractivity (Wildman–Crippen MR) is 108 cm³/mol. The number of nitrogens with zero attached hydrogens (tertiary/aromatic N) is 5. The number of aromatic nitrogens is 4. The van der Waals surface area contributed by atoms with Crippen LogP contribution in [-0.2, 0) is 19.5 Å². The number of carbonyl (C=O) groups excluding carboxylic acids is 1. The van der Waals surface area contributed by atoms with Crippen molar-refractivity contribution in [1.82, 2.24) is 24.4 Å². The summed E-state index contributed by atoms with van der Waals surface area (Å²) in [7, 11) is 0. The number of benzene rings is 1. The first-order chi connectivity index (χ1) is 13.7. The molecule has 1 aromatic carbocycles. The van der Waals surface area contributed by atoms with Crippen LogP contribution in [0.25, 0.3) is 11.2 Å². The van der Waals surface area contributed by atoms with Crippen LogP contribution in [0.3, 0.4) is 0 Å². The molecule has 0 saturated heterocycles. The fourth-order valence-corrected chi connectivity index (χ4v) is 4.43. The lowest BCUT2D eigenvalue weighted by molar-refractivity contribution is 0.0736. The van der Waals surface area contributed by atoms with Crippen LogP contribution in [0.15, 0.2) is 48.9 Å². The van der Waals surface area contributed by atoms with Gasteiger partial charge in [-0.25, -0.2) is 15.0 Å². The molecular weight excluding hydrogens is 372 g/mol. The van der Waals surface area contributed by atoms with E-state index in [1.165, 1.54) is 16.9 Å². The minimum atomic E-state index is -0.0374. The molecule has 0 bridgehead atoms. The number of nitrogen functional groups attached to an aromatic ring is 1. The highest BCUT2D eigenvalue weighted by Crippen LogP contribution is 2.27. The molecule has 0 fully saturated rings. The molecular formula is C20H18N6OS. The van der Waals surface area contributed by atoms with Gasteiger partial charge in [-0.3, -0.25) is 4.79 Å². The number of fused-ring (bicyclic) bond motifs is 2. The van der Waals surface area contributed by atoms with Crippen molar-refractivity contribution in [1.29, 1.82) is 0 Å². The molecule has 0 unspecified atom stereocenters. The standard InChI is InChI=1S/C20H18N6OS/c21-20-24-15-6-7-25(11-17(15)28-20)19(27)14-8-16-18(22-9-14)26(12-23-16)10-13-4-2-1-3-5-13/h1-5,8-9,12H,6-7,10-11H2,(H2,21,24). The van der Waals surface area contributed by atoms with Crippen molar-refractivity contribution in [2.75, 3.05) is 12.3 Å². The number of rotatable bonds is 3. The predicted octanol–water partition coefficient (Wildman–Crippen LogP) is 2.72. The number of hydrogen-bond donors (Lipinski definition) is 1. The zero-order valence-corrected chi connectivity index (χ0v) is 15.9. The van der Waals surface area contributed by atoms with E-state index < -0.39 is 0 Å². The fraction of sp³-hybridized carbons (Fsp3) is 0.200. The summed E-state index contributed by atoms with van der Waals surface area (Å²) in [5, 5.41) is 0.561. The van der Waals surface area contributed by atoms with Crippen LogP contribution in [0.2, 0.25) is 0 Å². The molecule has 4 aromatic rings. The molecule has 2 N–H and O–H groups in total. The van der Waals surface area contributed by atoms with Crippen LogP contribution in [0.1, 0.15) is 26.5 Å². The first-order valence-corrected chi connectivity index (χ1v) is 9.87. The molecule has 4 heterocycles. The van der Waals surface area contributed by atoms with Crippen LogP contribution >= 0.6 is 11.3 Å². The molecule has 3 aromatic heterocycles. The van der Waals surface area contributed by atoms with Crippen molar-refractivity contribution in [3.05, 3.63) is 70.6 Å². The SMILES string of the molecule is Nc1nc2c(s1)CN(C(=O)c1cnc3c(c1)ncn3Cc1ccccc1)CC2. The van der Waals surface area contributed by atoms with E-state index in [2.05, 4.69) is 27.1 Å². The first kappa shape index (κ1) is 16.9. The summed E-state index contributed by atoms with van der Waals surface area (Å²) >= 11 is 1.45. The monoisotopic (exact) mass is 390 g/mol. The average molecular weight is 390 g/mol. The number of amides is 1. The van der Waals surface area contributed by atoms with Crippen LogP contribution in [0, 0.1) is 0 Å². The van der Waals surface area contributed by atoms with Gasteiger partial charge in [0.15, 0.2) is 10.8 Å². The molecule has 0 aliphatic carbocycles. The zero-order chi connectivity index (χ0) is 19.1. The van der Waals surface area contributed by atoms with E-state index >= 15 is 0 Å². The Morgan fingerprint density at radius 2 is 2.07 bits per heavy atom. The van der Waals surface area contributed by atoms with E-state index in [1.54, 1.807) is 12.5 Å². The van der Waals surface area contributed by atoms with E-state index in [1.807, 2.05) is 33.7 Å². The Morgan fingerprint density at radius 1 is 1.21 bits per heavy atom. The highest BCUT2D eigenvalue weighted by atomic mass is 32.1. The van der Waals surface area contributed by atoms with Crippen LogP contribution in [-0.4, -0.2) is 36.9 Å². The van der Waals surface area contributed by atoms with Gasteiger partial charge < -0.3 is 15.2 Å². The molecule has 0 atom stereocenters. The van der Waals surface area contributed by atoms with Crippen molar-refractivity contribution in [3.63, 3.8) is 0 Å². The van der Waals surface area contributed by atoms with E-state index in [-0.39, 0.29) is 5.91 Å². The van der Waals surface area contributed by atoms with Gasteiger partial charge in [0.25, 0.3) is 5.91 Å². The highest BCUT2D eigenvalue weighted by Gasteiger charge is 2.25. The fourth-order valence-electron chi connectivity index (χ4n) is 3.53. The second kappa shape index (κ2) is 6.72. The quantitative estimate of drug-likeness (QED) is 0.581. The Balaban J connectivity index is 1.39. The largest absolute Gasteiger partial charge is 0.375 e. The summed E-state index contributed by atoms with van der Waals surface area (Å²) in [5.41, 5.74) is 10.0. The number of imidazole rings is 1. The molecule has 28 heavy (non-hydrogen) atoms. The van der Waals surface area contributed by atoms with Crippen molar-refractivity contribution in [2.45, 2.75) is 19.5 Å². The van der Waals surface area contributed by atoms with Crippen molar-refractivity contribution in [2.24, 2.45) is 0 Å². The zero-order valence-electron chi connectivity index (χ0n) is 15.1. The normalized spacial score (nSPS) is 13.6. The molecule has 1 aliphatic heterocycles. The Kier molecular flexibility index (Phi) is 4.05. The lowest BCUT2D eigenvalue weighted by Crippen LogP contribution is -2.35. The number of thiazole rings is 1. The van der Waals surface area contributed by atoms with Crippen LogP contribution in [0.4, 0.5) is 5.13 Å². The minimum absolute atomic E-state index is 0.0374. The molecule has 1 aliphatic rings. The maximum absolute atomic E-state index is 13.0. The van der Waals surface area contributed by atoms with Gasteiger partial charge in [-0.15, -0.1) is 11.3 Å². The summed E-state index contributed by atoms with van der Waals surface area (Å²) in [6.45, 7) is 1.87. The molecule has 0 spiro atoms. The molecule has 7 nitrogen and oxygen atoms in total. The van der Waals surface area contributed by atoms with Gasteiger partial charge in [-0.1, -0.05) is 30.3 Å². The van der Waals surface area contributed by atoms with Gasteiger partial charge in [0.05, 0.1) is 30.7 Å². The summed E-state index contributed by atoms with van der Waals surface area (Å²) in [6, 6.07) is 12.0. The van der Waals surface area contributed by atoms with Gasteiger partial charge in [-0.2, -0.15) is 0 Å². The summed E-state index contributed by atoms with van der Waals surface area (Å²) in [5.74, 6) is -0.0374. The van der Waals surface area contributed by atoms with Gasteiger partial charge in [0.1, 0.15) is 5.52 Å². The lowest BCUT2D eigenvalue weighted by atomic mass is 10.1. The van der Waals surface area contributed by atoms with E-state index in [9.17, 15) is 4.79 Å². The third kappa shape index (κ3) is 3.01. The van der Waals surface area contributed by atoms with Crippen molar-refractivity contribution < 1.29 is 4.79 Å². The van der Waals surface area contributed by atoms with E-state index in [0.29, 0.717) is 30.3 Å². The Morgan fingerprint density at radius 3 is 2.93 bits per heavy atom. The molecule has 8 heteroatoms. The van der Waals surface area contributed by atoms with Gasteiger partial charge in [0, 0.05) is 24.0 Å². The smallest absolute Gasteiger partial charge is 0.255 e. The van der Waals surface area contributed by atoms with Crippen LogP contribution < -0.4 is 5.73 Å². The molecule has 5 rings (SSSR count). The summed E-state index contributed by atoms with van der Waals surface area (Å²) < 4.78 is 1.99. The Labute approximate surface area is 165 Å². The maximum Gasteiger partial charge on any atom is 0.255 e. The molecule has 1 amide bonds. The lowest BCUT2D eigenvalue weighted by Gasteiger charge is -2.26. The van der Waals surface area contributed by atoms with Crippen molar-refractivity contribution >= 4 is 33.5 Å². The number of carbonyl (C=O) groups is 1. The number of pyridine rings is 1. The van der Waals surface area contributed by atoms with E-state index in [4.69, 9.17) is 5.73 Å². The molecule has 0 radical (unpaired) electrons. The third-order valence-electron chi connectivity index (χ3n) is 4.93. The summed E-state index contributed by atoms with van der Waals surface area (Å²) in [6.07, 6.45) is 4.15.